The first-order valence-electron chi connectivity index (χ1n) is 33.2. The van der Waals surface area contributed by atoms with Crippen LogP contribution in [0, 0.1) is 5.92 Å². The molecule has 21 aliphatic rings. The molecule has 0 radical (unpaired) electrons. The molecule has 15 unspecified atom stereocenters. The maximum absolute atomic E-state index is 13.0. The molecule has 21 heterocycles. The Morgan fingerprint density at radius 2 is 0.602 bits per heavy atom. The van der Waals surface area contributed by atoms with Crippen LogP contribution in [0.3, 0.4) is 0 Å². The number of Topliss-reactive ketones (excluding diaryl/α,β-unsaturated/α-hetero) is 2. The Morgan fingerprint density at radius 1 is 0.350 bits per heavy atom. The zero-order valence-corrected chi connectivity index (χ0v) is 57.2. The van der Waals surface area contributed by atoms with E-state index in [9.17, 15) is 126 Å². The van der Waals surface area contributed by atoms with Crippen LogP contribution in [0.25, 0.3) is 0 Å². The van der Waals surface area contributed by atoms with E-state index < -0.39 is 290 Å². The molecule has 44 heteroatoms. The van der Waals surface area contributed by atoms with Gasteiger partial charge in [-0.25, -0.2) is 0 Å². The lowest BCUT2D eigenvalue weighted by atomic mass is 9.95. The van der Waals surface area contributed by atoms with Crippen molar-refractivity contribution >= 4 is 47.0 Å². The van der Waals surface area contributed by atoms with E-state index in [0.29, 0.717) is 0 Å². The number of ether oxygens (including phenoxy) is 16. The number of hydrogen-bond donors (Lipinski definition) is 22. The molecule has 42 nitrogen and oxygen atoms in total. The van der Waals surface area contributed by atoms with Crippen molar-refractivity contribution < 1.29 is 202 Å². The maximum atomic E-state index is 13.0. The summed E-state index contributed by atoms with van der Waals surface area (Å²) in [6, 6.07) is -1.18. The third-order valence-electron chi connectivity index (χ3n) is 18.6. The minimum absolute atomic E-state index is 0.0645. The molecule has 0 saturated carbocycles. The second kappa shape index (κ2) is 40.0. The van der Waals surface area contributed by atoms with Crippen LogP contribution in [-0.4, -0.2) is 441 Å². The Balaban J connectivity index is 1.08. The normalized spacial score (nSPS) is 44.9. The van der Waals surface area contributed by atoms with Crippen LogP contribution in [0.5, 0.6) is 0 Å². The molecule has 0 aromatic heterocycles. The van der Waals surface area contributed by atoms with Gasteiger partial charge in [-0.3, -0.25) is 19.2 Å². The number of carboxylic acid groups (broad SMARTS) is 2. The number of nitrogens with one attached hydrogen (secondary N) is 1. The predicted molar refractivity (Wildman–Crippen MR) is 332 cm³/mol. The molecule has 0 aromatic carbocycles. The first-order valence-corrected chi connectivity index (χ1v) is 35.5. The van der Waals surface area contributed by atoms with Crippen LogP contribution in [0.2, 0.25) is 0 Å². The van der Waals surface area contributed by atoms with Gasteiger partial charge in [0, 0.05) is 42.3 Å². The number of aliphatic hydroxyl groups is 19. The summed E-state index contributed by atoms with van der Waals surface area (Å²) in [7, 11) is 1.35. The predicted octanol–water partition coefficient (Wildman–Crippen LogP) is -13.0. The summed E-state index contributed by atoms with van der Waals surface area (Å²) in [5.41, 5.74) is 0. The van der Waals surface area contributed by atoms with Crippen molar-refractivity contribution in [3.05, 3.63) is 0 Å². The van der Waals surface area contributed by atoms with Gasteiger partial charge in [0.1, 0.15) is 176 Å². The summed E-state index contributed by atoms with van der Waals surface area (Å²) in [5.74, 6) is -6.08. The van der Waals surface area contributed by atoms with Gasteiger partial charge in [0.2, 0.25) is 0 Å². The molecule has 596 valence electrons. The summed E-state index contributed by atoms with van der Waals surface area (Å²) >= 11 is 1.66. The lowest BCUT2D eigenvalue weighted by molar-refractivity contribution is -0.395. The van der Waals surface area contributed by atoms with E-state index in [0.717, 1.165) is 23.5 Å². The fourth-order valence-corrected chi connectivity index (χ4v) is 15.0. The number of rotatable bonds is 27. The Morgan fingerprint density at radius 3 is 0.845 bits per heavy atom. The number of thioether (sulfide) groups is 2. The van der Waals surface area contributed by atoms with Crippen LogP contribution in [0.1, 0.15) is 26.2 Å². The van der Waals surface area contributed by atoms with Gasteiger partial charge < -0.3 is 188 Å². The molecule has 0 aromatic rings. The van der Waals surface area contributed by atoms with E-state index in [1.165, 1.54) is 14.0 Å². The smallest absolute Gasteiger partial charge is 0.321 e. The van der Waals surface area contributed by atoms with Crippen LogP contribution in [0.15, 0.2) is 0 Å². The van der Waals surface area contributed by atoms with Gasteiger partial charge in [0.05, 0.1) is 77.6 Å². The van der Waals surface area contributed by atoms with Crippen molar-refractivity contribution in [2.24, 2.45) is 5.92 Å². The number of carboxylic acids is 2. The summed E-state index contributed by atoms with van der Waals surface area (Å²) < 4.78 is 93.3. The number of aliphatic carboxylic acids is 2. The summed E-state index contributed by atoms with van der Waals surface area (Å²) in [6.07, 6.45) is -73.1. The molecule has 0 aliphatic carbocycles. The number of carbonyl (C=O) groups is 4. The first-order chi connectivity index (χ1) is 49.0. The van der Waals surface area contributed by atoms with Crippen molar-refractivity contribution in [2.45, 2.75) is 247 Å². The topological polar surface area (TPSA) is 653 Å². The highest BCUT2D eigenvalue weighted by Crippen LogP contribution is 2.40. The van der Waals surface area contributed by atoms with Gasteiger partial charge in [0.25, 0.3) is 0 Å². The minimum Gasteiger partial charge on any atom is -0.481 e. The van der Waals surface area contributed by atoms with Gasteiger partial charge in [-0.2, -0.15) is 23.5 Å². The Labute approximate surface area is 595 Å². The van der Waals surface area contributed by atoms with Crippen molar-refractivity contribution in [3.8, 4) is 0 Å². The quantitative estimate of drug-likeness (QED) is 0.0340. The van der Waals surface area contributed by atoms with Crippen molar-refractivity contribution in [3.63, 3.8) is 0 Å². The average Bonchev–Trinajstić information content (AvgIpc) is 0.785. The summed E-state index contributed by atoms with van der Waals surface area (Å²) in [4.78, 5) is 48.7. The van der Waals surface area contributed by atoms with E-state index in [-0.39, 0.29) is 62.3 Å². The standard InChI is InChI=1S/C59H97NO41S2/c1-19(66)3-5-86-7-8-87-6-4-21(67)9-20(51(82)83)15-102-17-28-49-35(73)42(80)58(93-28)98-47-26(13-64)89-55(38(76)31(47)69)97-46-25(12-63)92-57(41(79)34(46)72)101-50-29(18-103-16-22(60-2)52(84)85)94-59(43(81)36(50)74)99-48-27(14-65)90-54(39(77)32(48)70)95-44-23(10-61)88-53(37(75)30(44)68)96-45-24(11-62)91-56(100-49)40(78)33(45)71/h20,22-50,53-65,68-81H,3-18H2,1-2H3,(H,82,83)(H,84,85)/t20?,22-,23?,24?,25?,26?,27?,28?,29?,30-,31-,32-,33-,34-,35-,36-,37?,38?,39?,40?,41?,42?,43?,44-,45-,46-,47-,48-,49-,50-,53-,54-,55-,56-,57-,58-,59-/m1/s1. The molecule has 0 amide bonds. The highest BCUT2D eigenvalue weighted by Gasteiger charge is 2.60. The highest BCUT2D eigenvalue weighted by atomic mass is 32.2. The van der Waals surface area contributed by atoms with E-state index >= 15 is 0 Å². The van der Waals surface area contributed by atoms with Crippen molar-refractivity contribution in [2.75, 3.05) is 89.5 Å². The van der Waals surface area contributed by atoms with Crippen molar-refractivity contribution in [1.29, 1.82) is 0 Å². The third-order valence-corrected chi connectivity index (χ3v) is 20.9. The number of hydrogen-bond acceptors (Lipinski definition) is 42. The number of likely N-dealkylation sites (N-methyl/N-ethyl adjacent to an activating group) is 1. The zero-order chi connectivity index (χ0) is 75.4. The third kappa shape index (κ3) is 21.0. The molecule has 21 saturated heterocycles. The Kier molecular flexibility index (Phi) is 33.4. The second-order valence-corrected chi connectivity index (χ2v) is 27.9. The molecule has 21 aliphatic heterocycles. The molecule has 103 heavy (non-hydrogen) atoms. The molecule has 22 N–H and O–H groups in total. The molecule has 0 spiro atoms. The van der Waals surface area contributed by atoms with Crippen LogP contribution >= 0.6 is 23.5 Å². The first kappa shape index (κ1) is 86.1. The number of ketones is 2. The van der Waals surface area contributed by atoms with Crippen LogP contribution in [0.4, 0.5) is 0 Å². The molecule has 37 atom stereocenters. The Bertz CT molecular complexity index is 2610. The molecule has 21 rings (SSSR count). The SMILES string of the molecule is CN[C@H](CSCC1O[C@@H]2O[C@@H]3C(CO)O[C@H](O[C@@H]4C(CO)O[C@H](O[C@@H]5C(CO)O[C@H](O[C@@H]6C(CSCC(CC(=O)CCOCCOCCC(C)=O)C(=O)O)O[C@H](O[C@@H]7C(CO)O[C@H](O[C@@H]8C(CO)O[C@H](O[C@H]1[C@H](O)C2O)C(O)[C@H]8O)C(O)[C@H]7O)C(O)[C@H]6O)C(O)[C@H]5O)C(O)[C@H]4O)C(O)[C@H]3O)C(=O)O. The van der Waals surface area contributed by atoms with Gasteiger partial charge in [-0.15, -0.1) is 0 Å². The minimum atomic E-state index is -2.31. The van der Waals surface area contributed by atoms with Gasteiger partial charge >= 0.3 is 11.9 Å². The maximum Gasteiger partial charge on any atom is 0.321 e. The molecule has 21 fully saturated rings. The zero-order valence-electron chi connectivity index (χ0n) is 55.5. The second-order valence-electron chi connectivity index (χ2n) is 25.7. The largest absolute Gasteiger partial charge is 0.481 e. The van der Waals surface area contributed by atoms with Crippen LogP contribution < -0.4 is 5.32 Å². The van der Waals surface area contributed by atoms with Crippen LogP contribution in [-0.2, 0) is 95.0 Å². The number of carbonyl (C=O) groups excluding carboxylic acids is 2. The van der Waals surface area contributed by atoms with E-state index in [1.54, 1.807) is 0 Å². The summed E-state index contributed by atoms with van der Waals surface area (Å²) in [6.45, 7) is -3.91. The van der Waals surface area contributed by atoms with E-state index in [4.69, 9.17) is 75.8 Å². The van der Waals surface area contributed by atoms with E-state index in [1.807, 2.05) is 0 Å². The van der Waals surface area contributed by atoms with Gasteiger partial charge in [0.15, 0.2) is 44.0 Å². The monoisotopic (exact) mass is 1540 g/mol. The molecular formula is C59H97NO41S2. The van der Waals surface area contributed by atoms with Crippen molar-refractivity contribution in [1.82, 2.24) is 5.32 Å². The highest BCUT2D eigenvalue weighted by molar-refractivity contribution is 7.99. The summed E-state index contributed by atoms with van der Waals surface area (Å²) in [5, 5.41) is 239. The lowest BCUT2D eigenvalue weighted by Gasteiger charge is -2.50. The average molecular weight is 1540 g/mol. The molecular weight excluding hydrogens is 1440 g/mol. The van der Waals surface area contributed by atoms with Gasteiger partial charge in [-0.05, 0) is 14.0 Å². The van der Waals surface area contributed by atoms with E-state index in [2.05, 4.69) is 5.32 Å². The Hall–Kier alpha value is -2.46. The fourth-order valence-electron chi connectivity index (χ4n) is 12.6. The fraction of sp³-hybridized carbons (Fsp3) is 0.932. The number of aliphatic hydroxyl groups excluding tert-OH is 19. The lowest BCUT2D eigenvalue weighted by Crippen LogP contribution is -2.68. The molecule has 14 bridgehead atoms. The van der Waals surface area contributed by atoms with Gasteiger partial charge in [-0.1, -0.05) is 0 Å².